The van der Waals surface area contributed by atoms with Crippen molar-refractivity contribution >= 4 is 28.2 Å². The SMILES string of the molecule is CNc1c(C)c(C(=O)O)nc2c(N)cccc12. The highest BCUT2D eigenvalue weighted by atomic mass is 16.4. The van der Waals surface area contributed by atoms with Crippen LogP contribution in [0.15, 0.2) is 18.2 Å². The smallest absolute Gasteiger partial charge is 0.354 e. The molecule has 1 heterocycles. The van der Waals surface area contributed by atoms with E-state index in [-0.39, 0.29) is 5.69 Å². The van der Waals surface area contributed by atoms with E-state index in [1.54, 1.807) is 20.0 Å². The van der Waals surface area contributed by atoms with E-state index in [1.807, 2.05) is 12.1 Å². The molecule has 0 amide bonds. The molecule has 1 aromatic carbocycles. The molecule has 0 aliphatic carbocycles. The predicted octanol–water partition coefficient (Wildman–Crippen LogP) is 1.87. The Bertz CT molecular complexity index is 608. The summed E-state index contributed by atoms with van der Waals surface area (Å²) in [5.41, 5.74) is 8.19. The van der Waals surface area contributed by atoms with Crippen LogP contribution in [0, 0.1) is 6.92 Å². The minimum Gasteiger partial charge on any atom is -0.477 e. The number of aromatic carboxylic acids is 1. The third-order valence-corrected chi connectivity index (χ3v) is 2.74. The number of benzene rings is 1. The van der Waals surface area contributed by atoms with Crippen LogP contribution in [0.4, 0.5) is 11.4 Å². The number of nitrogens with two attached hydrogens (primary N) is 1. The van der Waals surface area contributed by atoms with Gasteiger partial charge in [-0.05, 0) is 13.0 Å². The highest BCUT2D eigenvalue weighted by Gasteiger charge is 2.16. The quantitative estimate of drug-likeness (QED) is 0.686. The van der Waals surface area contributed by atoms with Crippen LogP contribution in [0.3, 0.4) is 0 Å². The van der Waals surface area contributed by atoms with Gasteiger partial charge in [0.05, 0.1) is 11.2 Å². The maximum Gasteiger partial charge on any atom is 0.354 e. The summed E-state index contributed by atoms with van der Waals surface area (Å²) in [5.74, 6) is -1.05. The Balaban J connectivity index is 2.94. The van der Waals surface area contributed by atoms with E-state index >= 15 is 0 Å². The zero-order valence-electron chi connectivity index (χ0n) is 9.61. The molecule has 0 unspecified atom stereocenters. The van der Waals surface area contributed by atoms with Crippen molar-refractivity contribution < 1.29 is 9.90 Å². The van der Waals surface area contributed by atoms with Gasteiger partial charge in [0.25, 0.3) is 0 Å². The van der Waals surface area contributed by atoms with Crippen molar-refractivity contribution in [1.82, 2.24) is 4.98 Å². The average molecular weight is 231 g/mol. The molecule has 2 aromatic rings. The van der Waals surface area contributed by atoms with E-state index in [9.17, 15) is 4.79 Å². The minimum atomic E-state index is -1.05. The molecule has 2 rings (SSSR count). The highest BCUT2D eigenvalue weighted by molar-refractivity contribution is 6.03. The molecule has 0 aliphatic heterocycles. The number of pyridine rings is 1. The van der Waals surface area contributed by atoms with Gasteiger partial charge in [-0.15, -0.1) is 0 Å². The summed E-state index contributed by atoms with van der Waals surface area (Å²) in [4.78, 5) is 15.2. The molecule has 4 N–H and O–H groups in total. The lowest BCUT2D eigenvalue weighted by Gasteiger charge is -2.12. The molecule has 5 nitrogen and oxygen atoms in total. The van der Waals surface area contributed by atoms with Crippen molar-refractivity contribution in [3.63, 3.8) is 0 Å². The number of nitrogens with zero attached hydrogens (tertiary/aromatic N) is 1. The molecule has 17 heavy (non-hydrogen) atoms. The van der Waals surface area contributed by atoms with Crippen molar-refractivity contribution in [2.45, 2.75) is 6.92 Å². The fraction of sp³-hybridized carbons (Fsp3) is 0.167. The number of hydrogen-bond donors (Lipinski definition) is 3. The van der Waals surface area contributed by atoms with Crippen LogP contribution in [-0.2, 0) is 0 Å². The number of carboxylic acid groups (broad SMARTS) is 1. The second kappa shape index (κ2) is 3.93. The molecule has 0 saturated carbocycles. The van der Waals surface area contributed by atoms with Crippen molar-refractivity contribution in [3.8, 4) is 0 Å². The second-order valence-corrected chi connectivity index (χ2v) is 3.76. The monoisotopic (exact) mass is 231 g/mol. The van der Waals surface area contributed by atoms with E-state index in [0.29, 0.717) is 16.8 Å². The standard InChI is InChI=1S/C12H13N3O2/c1-6-9(14-2)7-4-3-5-8(13)11(7)15-10(6)12(16)17/h3-5H,13H2,1-2H3,(H,14,15)(H,16,17). The molecule has 0 bridgehead atoms. The van der Waals surface area contributed by atoms with Gasteiger partial charge >= 0.3 is 5.97 Å². The topological polar surface area (TPSA) is 88.2 Å². The summed E-state index contributed by atoms with van der Waals surface area (Å²) in [5, 5.41) is 12.9. The van der Waals surface area contributed by atoms with Crippen molar-refractivity contribution in [2.24, 2.45) is 0 Å². The summed E-state index contributed by atoms with van der Waals surface area (Å²) in [6, 6.07) is 5.39. The van der Waals surface area contributed by atoms with E-state index in [2.05, 4.69) is 10.3 Å². The number of rotatable bonds is 2. The second-order valence-electron chi connectivity index (χ2n) is 3.76. The van der Waals surface area contributed by atoms with Crippen LogP contribution < -0.4 is 11.1 Å². The van der Waals surface area contributed by atoms with E-state index in [1.165, 1.54) is 0 Å². The highest BCUT2D eigenvalue weighted by Crippen LogP contribution is 2.30. The number of anilines is 2. The fourth-order valence-corrected chi connectivity index (χ4v) is 1.93. The molecule has 0 aliphatic rings. The van der Waals surface area contributed by atoms with Crippen LogP contribution in [0.1, 0.15) is 16.1 Å². The first-order valence-corrected chi connectivity index (χ1v) is 5.16. The maximum absolute atomic E-state index is 11.1. The molecular weight excluding hydrogens is 218 g/mol. The lowest BCUT2D eigenvalue weighted by Crippen LogP contribution is -2.08. The number of aromatic nitrogens is 1. The molecule has 0 saturated heterocycles. The normalized spacial score (nSPS) is 10.5. The largest absolute Gasteiger partial charge is 0.477 e. The van der Waals surface area contributed by atoms with Crippen molar-refractivity contribution in [2.75, 3.05) is 18.1 Å². The lowest BCUT2D eigenvalue weighted by molar-refractivity contribution is 0.0690. The number of carboxylic acids is 1. The summed E-state index contributed by atoms with van der Waals surface area (Å²) >= 11 is 0. The van der Waals surface area contributed by atoms with Gasteiger partial charge in [-0.1, -0.05) is 12.1 Å². The van der Waals surface area contributed by atoms with Gasteiger partial charge in [-0.25, -0.2) is 9.78 Å². The Morgan fingerprint density at radius 3 is 2.76 bits per heavy atom. The fourth-order valence-electron chi connectivity index (χ4n) is 1.93. The Labute approximate surface area is 98.3 Å². The van der Waals surface area contributed by atoms with Gasteiger partial charge in [0.15, 0.2) is 5.69 Å². The summed E-state index contributed by atoms with van der Waals surface area (Å²) in [7, 11) is 1.75. The van der Waals surface area contributed by atoms with Gasteiger partial charge in [-0.2, -0.15) is 0 Å². The summed E-state index contributed by atoms with van der Waals surface area (Å²) in [6.07, 6.45) is 0. The first-order chi connectivity index (χ1) is 8.06. The van der Waals surface area contributed by atoms with Gasteiger partial charge < -0.3 is 16.2 Å². The Kier molecular flexibility index (Phi) is 2.59. The van der Waals surface area contributed by atoms with E-state index in [4.69, 9.17) is 10.8 Å². The van der Waals surface area contributed by atoms with Crippen molar-refractivity contribution in [3.05, 3.63) is 29.5 Å². The van der Waals surface area contributed by atoms with Gasteiger partial charge in [0, 0.05) is 23.7 Å². The number of para-hydroxylation sites is 1. The first-order valence-electron chi connectivity index (χ1n) is 5.16. The van der Waals surface area contributed by atoms with Crippen LogP contribution >= 0.6 is 0 Å². The van der Waals surface area contributed by atoms with Crippen molar-refractivity contribution in [1.29, 1.82) is 0 Å². The number of hydrogen-bond acceptors (Lipinski definition) is 4. The lowest BCUT2D eigenvalue weighted by atomic mass is 10.1. The molecule has 1 aromatic heterocycles. The molecule has 0 spiro atoms. The Hall–Kier alpha value is -2.30. The Morgan fingerprint density at radius 1 is 1.47 bits per heavy atom. The van der Waals surface area contributed by atoms with Gasteiger partial charge in [0.1, 0.15) is 0 Å². The molecular formula is C12H13N3O2. The maximum atomic E-state index is 11.1. The summed E-state index contributed by atoms with van der Waals surface area (Å²) in [6.45, 7) is 1.73. The van der Waals surface area contributed by atoms with Crippen LogP contribution in [0.2, 0.25) is 0 Å². The molecule has 0 atom stereocenters. The molecule has 88 valence electrons. The summed E-state index contributed by atoms with van der Waals surface area (Å²) < 4.78 is 0. The third-order valence-electron chi connectivity index (χ3n) is 2.74. The minimum absolute atomic E-state index is 0.0275. The zero-order valence-corrected chi connectivity index (χ0v) is 9.61. The zero-order chi connectivity index (χ0) is 12.6. The number of nitrogen functional groups attached to an aromatic ring is 1. The number of nitrogens with one attached hydrogen (secondary N) is 1. The van der Waals surface area contributed by atoms with Crippen LogP contribution in [0.25, 0.3) is 10.9 Å². The van der Waals surface area contributed by atoms with E-state index < -0.39 is 5.97 Å². The third kappa shape index (κ3) is 1.65. The first kappa shape index (κ1) is 11.2. The van der Waals surface area contributed by atoms with Crippen LogP contribution in [0.5, 0.6) is 0 Å². The van der Waals surface area contributed by atoms with Gasteiger partial charge in [-0.3, -0.25) is 0 Å². The van der Waals surface area contributed by atoms with Crippen LogP contribution in [-0.4, -0.2) is 23.1 Å². The molecule has 0 radical (unpaired) electrons. The molecule has 0 fully saturated rings. The van der Waals surface area contributed by atoms with Gasteiger partial charge in [0.2, 0.25) is 0 Å². The molecule has 5 heteroatoms. The predicted molar refractivity (Wildman–Crippen MR) is 67.4 cm³/mol. The average Bonchev–Trinajstić information content (AvgIpc) is 2.28. The number of carbonyl (C=O) groups is 1. The van der Waals surface area contributed by atoms with E-state index in [0.717, 1.165) is 11.1 Å². The Morgan fingerprint density at radius 2 is 2.18 bits per heavy atom. The number of fused-ring (bicyclic) bond motifs is 1.